The van der Waals surface area contributed by atoms with E-state index in [0.29, 0.717) is 37.2 Å². The topological polar surface area (TPSA) is 71.1 Å². The zero-order valence-corrected chi connectivity index (χ0v) is 22.4. The number of esters is 2. The van der Waals surface area contributed by atoms with Gasteiger partial charge in [0.15, 0.2) is 0 Å². The SMILES string of the molecule is CCC(=O)OC(CC)COc1c2ccccc2c(OCC(CC)OC(=O)CC)c2cc(Br)ccc12. The van der Waals surface area contributed by atoms with E-state index < -0.39 is 0 Å². The Kier molecular flexibility index (Phi) is 9.78. The predicted octanol–water partition coefficient (Wildman–Crippen LogP) is 6.98. The molecule has 0 fully saturated rings. The summed E-state index contributed by atoms with van der Waals surface area (Å²) in [6.07, 6.45) is 1.30. The van der Waals surface area contributed by atoms with Gasteiger partial charge in [-0.25, -0.2) is 0 Å². The first-order chi connectivity index (χ1) is 16.9. The lowest BCUT2D eigenvalue weighted by Crippen LogP contribution is -2.24. The fraction of sp³-hybridized carbons (Fsp3) is 0.429. The molecule has 35 heavy (non-hydrogen) atoms. The lowest BCUT2D eigenvalue weighted by atomic mass is 10.0. The maximum absolute atomic E-state index is 11.8. The Bertz CT molecular complexity index is 1180. The van der Waals surface area contributed by atoms with Crippen LogP contribution in [0.4, 0.5) is 0 Å². The summed E-state index contributed by atoms with van der Waals surface area (Å²) in [5.74, 6) is 0.943. The van der Waals surface area contributed by atoms with Crippen molar-refractivity contribution in [2.75, 3.05) is 13.2 Å². The highest BCUT2D eigenvalue weighted by molar-refractivity contribution is 9.10. The number of rotatable bonds is 12. The molecule has 0 N–H and O–H groups in total. The lowest BCUT2D eigenvalue weighted by molar-refractivity contribution is -0.151. The Morgan fingerprint density at radius 3 is 1.63 bits per heavy atom. The summed E-state index contributed by atoms with van der Waals surface area (Å²) in [4.78, 5) is 23.6. The van der Waals surface area contributed by atoms with Gasteiger partial charge in [-0.05, 0) is 31.0 Å². The van der Waals surface area contributed by atoms with Crippen LogP contribution >= 0.6 is 15.9 Å². The smallest absolute Gasteiger partial charge is 0.305 e. The van der Waals surface area contributed by atoms with Crippen molar-refractivity contribution in [3.05, 3.63) is 46.9 Å². The Morgan fingerprint density at radius 1 is 0.714 bits per heavy atom. The minimum atomic E-state index is -0.335. The van der Waals surface area contributed by atoms with Gasteiger partial charge in [0.2, 0.25) is 0 Å². The maximum Gasteiger partial charge on any atom is 0.305 e. The molecule has 0 aliphatic carbocycles. The molecule has 3 aromatic carbocycles. The van der Waals surface area contributed by atoms with Gasteiger partial charge in [0.1, 0.15) is 36.9 Å². The Hall–Kier alpha value is -2.80. The fourth-order valence-electron chi connectivity index (χ4n) is 3.74. The Labute approximate surface area is 215 Å². The third kappa shape index (κ3) is 6.66. The summed E-state index contributed by atoms with van der Waals surface area (Å²) in [6, 6.07) is 13.8. The molecule has 2 atom stereocenters. The van der Waals surface area contributed by atoms with Crippen molar-refractivity contribution in [2.45, 2.75) is 65.6 Å². The first-order valence-electron chi connectivity index (χ1n) is 12.2. The maximum atomic E-state index is 11.8. The second kappa shape index (κ2) is 12.8. The molecule has 0 saturated heterocycles. The summed E-state index contributed by atoms with van der Waals surface area (Å²) in [7, 11) is 0. The van der Waals surface area contributed by atoms with Crippen molar-refractivity contribution in [2.24, 2.45) is 0 Å². The quantitative estimate of drug-likeness (QED) is 0.181. The third-order valence-electron chi connectivity index (χ3n) is 5.80. The normalized spacial score (nSPS) is 12.8. The van der Waals surface area contributed by atoms with Crippen molar-refractivity contribution in [1.29, 1.82) is 0 Å². The van der Waals surface area contributed by atoms with E-state index in [9.17, 15) is 9.59 Å². The van der Waals surface area contributed by atoms with Crippen LogP contribution in [0.3, 0.4) is 0 Å². The van der Waals surface area contributed by atoms with Crippen LogP contribution < -0.4 is 9.47 Å². The second-order valence-electron chi connectivity index (χ2n) is 8.26. The van der Waals surface area contributed by atoms with Gasteiger partial charge in [-0.1, -0.05) is 67.9 Å². The van der Waals surface area contributed by atoms with Crippen LogP contribution in [0.2, 0.25) is 0 Å². The molecule has 0 aliphatic rings. The highest BCUT2D eigenvalue weighted by Gasteiger charge is 2.20. The number of benzene rings is 3. The standard InChI is InChI=1S/C28H33BrO6/c1-5-19(34-25(30)7-3)16-32-27-21-11-9-10-12-22(21)28(24-15-18(29)13-14-23(24)27)33-17-20(6-2)35-26(31)8-4/h9-15,19-20H,5-8,16-17H2,1-4H3. The highest BCUT2D eigenvalue weighted by atomic mass is 79.9. The zero-order chi connectivity index (χ0) is 25.4. The van der Waals surface area contributed by atoms with Crippen LogP contribution in [0.1, 0.15) is 53.4 Å². The molecule has 0 spiro atoms. The molecule has 2 unspecified atom stereocenters. The highest BCUT2D eigenvalue weighted by Crippen LogP contribution is 2.43. The predicted molar refractivity (Wildman–Crippen MR) is 141 cm³/mol. The van der Waals surface area contributed by atoms with Crippen LogP contribution in [-0.2, 0) is 19.1 Å². The van der Waals surface area contributed by atoms with E-state index in [1.807, 2.05) is 56.3 Å². The van der Waals surface area contributed by atoms with Gasteiger partial charge in [0.05, 0.1) is 0 Å². The summed E-state index contributed by atoms with van der Waals surface area (Å²) in [5.41, 5.74) is 0. The van der Waals surface area contributed by atoms with Crippen LogP contribution in [0, 0.1) is 0 Å². The number of halogens is 1. The van der Waals surface area contributed by atoms with Crippen molar-refractivity contribution < 1.29 is 28.5 Å². The molecular weight excluding hydrogens is 512 g/mol. The molecule has 0 heterocycles. The fourth-order valence-corrected chi connectivity index (χ4v) is 4.11. The van der Waals surface area contributed by atoms with Crippen molar-refractivity contribution in [3.63, 3.8) is 0 Å². The summed E-state index contributed by atoms with van der Waals surface area (Å²) in [6.45, 7) is 7.99. The molecule has 6 nitrogen and oxygen atoms in total. The molecule has 0 aromatic heterocycles. The van der Waals surface area contributed by atoms with Crippen molar-refractivity contribution >= 4 is 49.4 Å². The van der Waals surface area contributed by atoms with Gasteiger partial charge in [-0.3, -0.25) is 9.59 Å². The van der Waals surface area contributed by atoms with E-state index in [1.54, 1.807) is 13.8 Å². The molecular formula is C28H33BrO6. The minimum absolute atomic E-state index is 0.239. The Morgan fingerprint density at radius 2 is 1.17 bits per heavy atom. The second-order valence-corrected chi connectivity index (χ2v) is 9.18. The molecule has 0 bridgehead atoms. The molecule has 0 amide bonds. The van der Waals surface area contributed by atoms with Crippen LogP contribution in [0.25, 0.3) is 21.5 Å². The van der Waals surface area contributed by atoms with Gasteiger partial charge in [0.25, 0.3) is 0 Å². The molecule has 0 saturated carbocycles. The van der Waals surface area contributed by atoms with Crippen molar-refractivity contribution in [1.82, 2.24) is 0 Å². The van der Waals surface area contributed by atoms with E-state index >= 15 is 0 Å². The van der Waals surface area contributed by atoms with E-state index in [4.69, 9.17) is 18.9 Å². The number of fused-ring (bicyclic) bond motifs is 2. The number of hydrogen-bond acceptors (Lipinski definition) is 6. The van der Waals surface area contributed by atoms with E-state index in [1.165, 1.54) is 0 Å². The summed E-state index contributed by atoms with van der Waals surface area (Å²) >= 11 is 3.58. The summed E-state index contributed by atoms with van der Waals surface area (Å²) in [5, 5.41) is 3.55. The summed E-state index contributed by atoms with van der Waals surface area (Å²) < 4.78 is 24.6. The molecule has 0 radical (unpaired) electrons. The van der Waals surface area contributed by atoms with Crippen LogP contribution in [0.15, 0.2) is 46.9 Å². The van der Waals surface area contributed by atoms with E-state index in [0.717, 1.165) is 26.0 Å². The average molecular weight is 545 g/mol. The van der Waals surface area contributed by atoms with Crippen LogP contribution in [-0.4, -0.2) is 37.4 Å². The first kappa shape index (κ1) is 26.8. The number of ether oxygens (including phenoxy) is 4. The molecule has 188 valence electrons. The van der Waals surface area contributed by atoms with Gasteiger partial charge in [-0.2, -0.15) is 0 Å². The molecule has 3 rings (SSSR count). The van der Waals surface area contributed by atoms with Gasteiger partial charge in [-0.15, -0.1) is 0 Å². The largest absolute Gasteiger partial charge is 0.488 e. The van der Waals surface area contributed by atoms with Crippen LogP contribution in [0.5, 0.6) is 11.5 Å². The van der Waals surface area contributed by atoms with E-state index in [2.05, 4.69) is 15.9 Å². The Balaban J connectivity index is 2.02. The monoisotopic (exact) mass is 544 g/mol. The molecule has 7 heteroatoms. The van der Waals surface area contributed by atoms with E-state index in [-0.39, 0.29) is 37.4 Å². The number of carbonyl (C=O) groups is 2. The zero-order valence-electron chi connectivity index (χ0n) is 20.8. The third-order valence-corrected chi connectivity index (χ3v) is 6.29. The molecule has 3 aromatic rings. The minimum Gasteiger partial charge on any atom is -0.488 e. The average Bonchev–Trinajstić information content (AvgIpc) is 2.88. The number of carbonyl (C=O) groups excluding carboxylic acids is 2. The van der Waals surface area contributed by atoms with Crippen molar-refractivity contribution in [3.8, 4) is 11.5 Å². The number of hydrogen-bond donors (Lipinski definition) is 0. The van der Waals surface area contributed by atoms with Gasteiger partial charge >= 0.3 is 11.9 Å². The molecule has 0 aliphatic heterocycles. The first-order valence-corrected chi connectivity index (χ1v) is 13.0. The van der Waals surface area contributed by atoms with Gasteiger partial charge in [0, 0.05) is 38.9 Å². The lowest BCUT2D eigenvalue weighted by Gasteiger charge is -2.22. The van der Waals surface area contributed by atoms with Gasteiger partial charge < -0.3 is 18.9 Å².